The summed E-state index contributed by atoms with van der Waals surface area (Å²) in [6.07, 6.45) is 11.4. The maximum absolute atomic E-state index is 13.4. The number of allylic oxidation sites excluding steroid dienone is 1. The highest BCUT2D eigenvalue weighted by atomic mass is 16.5. The Morgan fingerprint density at radius 3 is 2.77 bits per heavy atom. The number of nitrogens with zero attached hydrogens (tertiary/aromatic N) is 1. The Morgan fingerprint density at radius 2 is 2.06 bits per heavy atom. The molecule has 1 saturated heterocycles. The number of fused-ring (bicyclic) bond motifs is 2. The van der Waals surface area contributed by atoms with Gasteiger partial charge >= 0.3 is 5.97 Å². The number of hydrogen-bond acceptors (Lipinski definition) is 4. The van der Waals surface area contributed by atoms with Gasteiger partial charge in [-0.2, -0.15) is 0 Å². The van der Waals surface area contributed by atoms with Crippen molar-refractivity contribution in [2.24, 2.45) is 23.7 Å². The van der Waals surface area contributed by atoms with Gasteiger partial charge < -0.3 is 15.0 Å². The number of rotatable bonds is 4. The molecule has 0 radical (unpaired) electrons. The molecule has 2 amide bonds. The molecule has 3 rings (SSSR count). The van der Waals surface area contributed by atoms with Crippen LogP contribution in [0.25, 0.3) is 0 Å². The van der Waals surface area contributed by atoms with Gasteiger partial charge in [-0.25, -0.2) is 4.79 Å². The number of carbonyl (C=O) groups is 3. The van der Waals surface area contributed by atoms with Crippen LogP contribution in [0.15, 0.2) is 12.2 Å². The van der Waals surface area contributed by atoms with Crippen LogP contribution >= 0.6 is 0 Å². The van der Waals surface area contributed by atoms with Crippen LogP contribution in [0.5, 0.6) is 0 Å². The summed E-state index contributed by atoms with van der Waals surface area (Å²) < 4.78 is 5.32. The first-order valence-electron chi connectivity index (χ1n) is 12.2. The van der Waals surface area contributed by atoms with Crippen LogP contribution in [0.2, 0.25) is 0 Å². The molecule has 5 atom stereocenters. The molecule has 31 heavy (non-hydrogen) atoms. The van der Waals surface area contributed by atoms with Crippen molar-refractivity contribution < 1.29 is 19.1 Å². The topological polar surface area (TPSA) is 75.7 Å². The molecule has 0 aromatic carbocycles. The predicted octanol–water partition coefficient (Wildman–Crippen LogP) is 3.84. The molecule has 0 bridgehead atoms. The van der Waals surface area contributed by atoms with Crippen LogP contribution in [0.3, 0.4) is 0 Å². The van der Waals surface area contributed by atoms with Gasteiger partial charge in [0.05, 0.1) is 6.61 Å². The Labute approximate surface area is 187 Å². The lowest BCUT2D eigenvalue weighted by Gasteiger charge is -2.28. The molecule has 0 unspecified atom stereocenters. The SMILES string of the molecule is CCOC(=O)[C@@]12C[C@H]1/C=C\CCCCC[C@H](C)C(=O)N1C[C@H](CC(C)C)C[C@H]1C(=O)N2. The molecule has 3 aliphatic rings. The minimum absolute atomic E-state index is 0.0310. The van der Waals surface area contributed by atoms with E-state index in [4.69, 9.17) is 4.74 Å². The first-order valence-corrected chi connectivity index (χ1v) is 12.2. The van der Waals surface area contributed by atoms with Crippen LogP contribution in [-0.4, -0.2) is 47.4 Å². The number of hydrogen-bond donors (Lipinski definition) is 1. The quantitative estimate of drug-likeness (QED) is 0.541. The number of nitrogens with one attached hydrogen (secondary N) is 1. The third kappa shape index (κ3) is 5.50. The van der Waals surface area contributed by atoms with Crippen LogP contribution in [-0.2, 0) is 19.1 Å². The van der Waals surface area contributed by atoms with E-state index in [1.54, 1.807) is 11.8 Å². The lowest BCUT2D eigenvalue weighted by Crippen LogP contribution is -2.54. The summed E-state index contributed by atoms with van der Waals surface area (Å²) in [7, 11) is 0. The maximum Gasteiger partial charge on any atom is 0.332 e. The molecule has 2 fully saturated rings. The van der Waals surface area contributed by atoms with E-state index in [1.807, 2.05) is 6.92 Å². The highest BCUT2D eigenvalue weighted by Crippen LogP contribution is 2.46. The molecule has 2 aliphatic heterocycles. The maximum atomic E-state index is 13.4. The highest BCUT2D eigenvalue weighted by Gasteiger charge is 2.62. The molecule has 174 valence electrons. The second-order valence-corrected chi connectivity index (χ2v) is 10.2. The van der Waals surface area contributed by atoms with Crippen LogP contribution in [0.4, 0.5) is 0 Å². The normalized spacial score (nSPS) is 35.5. The fourth-order valence-corrected chi connectivity index (χ4v) is 5.32. The van der Waals surface area contributed by atoms with Gasteiger partial charge in [0.2, 0.25) is 11.8 Å². The van der Waals surface area contributed by atoms with E-state index < -0.39 is 11.6 Å². The van der Waals surface area contributed by atoms with Gasteiger partial charge in [0.25, 0.3) is 0 Å². The second-order valence-electron chi connectivity index (χ2n) is 10.2. The van der Waals surface area contributed by atoms with Gasteiger partial charge in [0.15, 0.2) is 0 Å². The highest BCUT2D eigenvalue weighted by molar-refractivity contribution is 5.95. The van der Waals surface area contributed by atoms with E-state index in [0.29, 0.717) is 31.2 Å². The molecule has 6 nitrogen and oxygen atoms in total. The van der Waals surface area contributed by atoms with E-state index in [-0.39, 0.29) is 36.2 Å². The van der Waals surface area contributed by atoms with E-state index in [0.717, 1.165) is 38.5 Å². The van der Waals surface area contributed by atoms with Crippen molar-refractivity contribution in [3.8, 4) is 0 Å². The third-order valence-corrected chi connectivity index (χ3v) is 7.08. The van der Waals surface area contributed by atoms with Crippen LogP contribution in [0.1, 0.15) is 79.1 Å². The van der Waals surface area contributed by atoms with Gasteiger partial charge in [-0.05, 0) is 57.3 Å². The smallest absolute Gasteiger partial charge is 0.332 e. The molecular weight excluding hydrogens is 392 g/mol. The Kier molecular flexibility index (Phi) is 7.82. The molecule has 0 spiro atoms. The minimum atomic E-state index is -0.972. The average Bonchev–Trinajstić information content (AvgIpc) is 3.24. The molecule has 0 aromatic rings. The molecule has 1 N–H and O–H groups in total. The Morgan fingerprint density at radius 1 is 1.29 bits per heavy atom. The zero-order valence-corrected chi connectivity index (χ0v) is 19.7. The monoisotopic (exact) mass is 432 g/mol. The minimum Gasteiger partial charge on any atom is -0.464 e. The van der Waals surface area contributed by atoms with Crippen LogP contribution in [0, 0.1) is 23.7 Å². The second kappa shape index (κ2) is 10.2. The summed E-state index contributed by atoms with van der Waals surface area (Å²) >= 11 is 0. The lowest BCUT2D eigenvalue weighted by atomic mass is 9.94. The molecule has 1 aliphatic carbocycles. The fraction of sp³-hybridized carbons (Fsp3) is 0.800. The van der Waals surface area contributed by atoms with Gasteiger partial charge in [0, 0.05) is 18.4 Å². The summed E-state index contributed by atoms with van der Waals surface area (Å²) in [6.45, 7) is 9.05. The standard InChI is InChI=1S/C25H40N2O4/c1-5-31-24(30)25-15-20(25)12-10-8-6-7-9-11-18(4)23(29)27-16-19(13-17(2)3)14-21(27)22(28)26-25/h10,12,17-21H,5-9,11,13-16H2,1-4H3,(H,26,28)/b12-10-/t18-,19+,20+,21-,25+/m0/s1. The van der Waals surface area contributed by atoms with E-state index >= 15 is 0 Å². The molecule has 1 saturated carbocycles. The zero-order valence-electron chi connectivity index (χ0n) is 19.7. The van der Waals surface area contributed by atoms with E-state index in [1.165, 1.54) is 0 Å². The summed E-state index contributed by atoms with van der Waals surface area (Å²) in [5.74, 6) is 0.243. The van der Waals surface area contributed by atoms with Crippen LogP contribution < -0.4 is 5.32 Å². The summed E-state index contributed by atoms with van der Waals surface area (Å²) in [5, 5.41) is 3.04. The zero-order chi connectivity index (χ0) is 22.6. The first kappa shape index (κ1) is 23.8. The Hall–Kier alpha value is -1.85. The fourth-order valence-electron chi connectivity index (χ4n) is 5.32. The lowest BCUT2D eigenvalue weighted by molar-refractivity contribution is -0.150. The molecule has 6 heteroatoms. The van der Waals surface area contributed by atoms with Crippen molar-refractivity contribution in [1.29, 1.82) is 0 Å². The van der Waals surface area contributed by atoms with E-state index in [2.05, 4.69) is 31.3 Å². The van der Waals surface area contributed by atoms with Gasteiger partial charge in [0.1, 0.15) is 11.6 Å². The number of ether oxygens (including phenoxy) is 1. The van der Waals surface area contributed by atoms with Crippen molar-refractivity contribution in [1.82, 2.24) is 10.2 Å². The largest absolute Gasteiger partial charge is 0.464 e. The Balaban J connectivity index is 1.85. The number of esters is 1. The Bertz CT molecular complexity index is 704. The number of amides is 2. The summed E-state index contributed by atoms with van der Waals surface area (Å²) in [6, 6.07) is -0.500. The van der Waals surface area contributed by atoms with Gasteiger partial charge in [-0.15, -0.1) is 0 Å². The molecule has 2 heterocycles. The van der Waals surface area contributed by atoms with Crippen molar-refractivity contribution in [3.05, 3.63) is 12.2 Å². The van der Waals surface area contributed by atoms with Crippen molar-refractivity contribution in [2.75, 3.05) is 13.2 Å². The third-order valence-electron chi connectivity index (χ3n) is 7.08. The predicted molar refractivity (Wildman–Crippen MR) is 120 cm³/mol. The van der Waals surface area contributed by atoms with Crippen molar-refractivity contribution in [2.45, 2.75) is 90.6 Å². The van der Waals surface area contributed by atoms with Crippen molar-refractivity contribution >= 4 is 17.8 Å². The summed E-state index contributed by atoms with van der Waals surface area (Å²) in [5.41, 5.74) is -0.972. The number of carbonyl (C=O) groups excluding carboxylic acids is 3. The average molecular weight is 433 g/mol. The van der Waals surface area contributed by atoms with Crippen molar-refractivity contribution in [3.63, 3.8) is 0 Å². The summed E-state index contributed by atoms with van der Waals surface area (Å²) in [4.78, 5) is 41.3. The first-order chi connectivity index (χ1) is 14.8. The molecule has 0 aromatic heterocycles. The van der Waals surface area contributed by atoms with Gasteiger partial charge in [-0.3, -0.25) is 9.59 Å². The van der Waals surface area contributed by atoms with Gasteiger partial charge in [-0.1, -0.05) is 45.8 Å². The van der Waals surface area contributed by atoms with E-state index in [9.17, 15) is 14.4 Å². The molecular formula is C25H40N2O4.